The standard InChI is InChI=1S/C17H14O6/c1-22-17(21)16(20)10-15(19)13-9-12(7-8-14(13)18)23-11-5-3-2-4-6-11/h2-10,18-19H,1H3/b15-10-. The summed E-state index contributed by atoms with van der Waals surface area (Å²) in [4.78, 5) is 22.5. The Hall–Kier alpha value is -3.28. The molecule has 2 N–H and O–H groups in total. The molecule has 2 aromatic rings. The van der Waals surface area contributed by atoms with Gasteiger partial charge in [0.25, 0.3) is 5.78 Å². The Labute approximate surface area is 132 Å². The highest BCUT2D eigenvalue weighted by Gasteiger charge is 2.15. The third-order valence-corrected chi connectivity index (χ3v) is 2.88. The number of phenols is 1. The normalized spacial score (nSPS) is 10.9. The number of esters is 1. The molecule has 0 aliphatic rings. The van der Waals surface area contributed by atoms with E-state index >= 15 is 0 Å². The van der Waals surface area contributed by atoms with Crippen LogP contribution >= 0.6 is 0 Å². The van der Waals surface area contributed by atoms with Crippen LogP contribution in [-0.4, -0.2) is 29.1 Å². The Kier molecular flexibility index (Phi) is 4.99. The molecule has 6 heteroatoms. The van der Waals surface area contributed by atoms with E-state index in [9.17, 15) is 19.8 Å². The smallest absolute Gasteiger partial charge is 0.378 e. The number of aliphatic hydroxyl groups is 1. The van der Waals surface area contributed by atoms with Crippen LogP contribution in [-0.2, 0) is 14.3 Å². The van der Waals surface area contributed by atoms with Gasteiger partial charge in [0.05, 0.1) is 12.7 Å². The average Bonchev–Trinajstić information content (AvgIpc) is 2.56. The highest BCUT2D eigenvalue weighted by molar-refractivity contribution is 6.39. The van der Waals surface area contributed by atoms with E-state index in [4.69, 9.17) is 4.74 Å². The van der Waals surface area contributed by atoms with Crippen LogP contribution in [0.3, 0.4) is 0 Å². The topological polar surface area (TPSA) is 93.1 Å². The van der Waals surface area contributed by atoms with Crippen LogP contribution in [0, 0.1) is 0 Å². The fourth-order valence-electron chi connectivity index (χ4n) is 1.77. The number of aliphatic hydroxyl groups excluding tert-OH is 1. The van der Waals surface area contributed by atoms with E-state index < -0.39 is 17.5 Å². The van der Waals surface area contributed by atoms with Crippen LogP contribution in [0.15, 0.2) is 54.6 Å². The molecule has 0 amide bonds. The predicted octanol–water partition coefficient (Wildman–Crippen LogP) is 2.83. The summed E-state index contributed by atoms with van der Waals surface area (Å²) in [6, 6.07) is 13.1. The summed E-state index contributed by atoms with van der Waals surface area (Å²) in [6.45, 7) is 0. The zero-order chi connectivity index (χ0) is 16.8. The number of hydrogen-bond acceptors (Lipinski definition) is 6. The molecule has 0 unspecified atom stereocenters. The van der Waals surface area contributed by atoms with Crippen molar-refractivity contribution in [2.24, 2.45) is 0 Å². The van der Waals surface area contributed by atoms with Gasteiger partial charge in [-0.1, -0.05) is 18.2 Å². The molecule has 0 atom stereocenters. The number of para-hydroxylation sites is 1. The molecule has 0 bridgehead atoms. The molecule has 0 radical (unpaired) electrons. The molecule has 0 saturated carbocycles. The van der Waals surface area contributed by atoms with Gasteiger partial charge >= 0.3 is 5.97 Å². The summed E-state index contributed by atoms with van der Waals surface area (Å²) in [5.41, 5.74) is -0.0457. The predicted molar refractivity (Wildman–Crippen MR) is 82.3 cm³/mol. The van der Waals surface area contributed by atoms with Gasteiger partial charge in [0, 0.05) is 6.08 Å². The zero-order valence-electron chi connectivity index (χ0n) is 12.2. The van der Waals surface area contributed by atoms with E-state index in [1.807, 2.05) is 6.07 Å². The third kappa shape index (κ3) is 4.10. The van der Waals surface area contributed by atoms with Gasteiger partial charge in [-0.3, -0.25) is 4.79 Å². The Morgan fingerprint density at radius 2 is 1.74 bits per heavy atom. The molecule has 118 valence electrons. The maximum absolute atomic E-state index is 11.4. The van der Waals surface area contributed by atoms with Crippen LogP contribution in [0.4, 0.5) is 0 Å². The highest BCUT2D eigenvalue weighted by atomic mass is 16.5. The van der Waals surface area contributed by atoms with Gasteiger partial charge in [0.1, 0.15) is 23.0 Å². The van der Waals surface area contributed by atoms with E-state index in [2.05, 4.69) is 4.74 Å². The van der Waals surface area contributed by atoms with Gasteiger partial charge in [-0.2, -0.15) is 0 Å². The largest absolute Gasteiger partial charge is 0.507 e. The fraction of sp³-hybridized carbons (Fsp3) is 0.0588. The summed E-state index contributed by atoms with van der Waals surface area (Å²) >= 11 is 0. The van der Waals surface area contributed by atoms with Crippen molar-refractivity contribution in [1.29, 1.82) is 0 Å². The van der Waals surface area contributed by atoms with Crippen LogP contribution in [0.1, 0.15) is 5.56 Å². The lowest BCUT2D eigenvalue weighted by atomic mass is 10.1. The van der Waals surface area contributed by atoms with Crippen molar-refractivity contribution in [2.45, 2.75) is 0 Å². The Morgan fingerprint density at radius 3 is 2.39 bits per heavy atom. The lowest BCUT2D eigenvalue weighted by Gasteiger charge is -2.09. The molecular weight excluding hydrogens is 300 g/mol. The molecule has 0 fully saturated rings. The molecule has 0 aliphatic carbocycles. The molecule has 0 spiro atoms. The van der Waals surface area contributed by atoms with E-state index in [0.29, 0.717) is 17.6 Å². The molecule has 0 aromatic heterocycles. The lowest BCUT2D eigenvalue weighted by Crippen LogP contribution is -2.13. The first-order chi connectivity index (χ1) is 11.0. The van der Waals surface area contributed by atoms with Crippen molar-refractivity contribution in [3.63, 3.8) is 0 Å². The number of ether oxygens (including phenoxy) is 2. The van der Waals surface area contributed by atoms with Crippen molar-refractivity contribution >= 4 is 17.5 Å². The number of ketones is 1. The van der Waals surface area contributed by atoms with E-state index in [-0.39, 0.29) is 11.3 Å². The number of carbonyl (C=O) groups is 2. The second-order valence-corrected chi connectivity index (χ2v) is 4.48. The number of rotatable bonds is 5. The van der Waals surface area contributed by atoms with Crippen molar-refractivity contribution in [2.75, 3.05) is 7.11 Å². The molecule has 2 rings (SSSR count). The first-order valence-corrected chi connectivity index (χ1v) is 6.60. The summed E-state index contributed by atoms with van der Waals surface area (Å²) < 4.78 is 9.82. The van der Waals surface area contributed by atoms with Crippen molar-refractivity contribution in [3.05, 3.63) is 60.2 Å². The Balaban J connectivity index is 2.28. The number of benzene rings is 2. The second-order valence-electron chi connectivity index (χ2n) is 4.48. The minimum absolute atomic E-state index is 0.0457. The first-order valence-electron chi connectivity index (χ1n) is 6.60. The van der Waals surface area contributed by atoms with E-state index in [1.165, 1.54) is 18.2 Å². The number of carbonyl (C=O) groups excluding carboxylic acids is 2. The monoisotopic (exact) mass is 314 g/mol. The minimum Gasteiger partial charge on any atom is -0.507 e. The third-order valence-electron chi connectivity index (χ3n) is 2.88. The minimum atomic E-state index is -1.12. The van der Waals surface area contributed by atoms with Crippen molar-refractivity contribution in [1.82, 2.24) is 0 Å². The van der Waals surface area contributed by atoms with Crippen LogP contribution < -0.4 is 4.74 Å². The highest BCUT2D eigenvalue weighted by Crippen LogP contribution is 2.30. The van der Waals surface area contributed by atoms with Crippen LogP contribution in [0.2, 0.25) is 0 Å². The first kappa shape index (κ1) is 16.1. The van der Waals surface area contributed by atoms with Crippen molar-refractivity contribution < 1.29 is 29.3 Å². The summed E-state index contributed by atoms with van der Waals surface area (Å²) in [5.74, 6) is -2.09. The number of phenolic OH excluding ortho intramolecular Hbond substituents is 1. The van der Waals surface area contributed by atoms with Crippen LogP contribution in [0.5, 0.6) is 17.2 Å². The summed E-state index contributed by atoms with van der Waals surface area (Å²) in [5, 5.41) is 19.7. The van der Waals surface area contributed by atoms with Crippen molar-refractivity contribution in [3.8, 4) is 17.2 Å². The SMILES string of the molecule is COC(=O)C(=O)/C=C(\O)c1cc(Oc2ccccc2)ccc1O. The Bertz CT molecular complexity index is 749. The van der Waals surface area contributed by atoms with Gasteiger partial charge in [-0.05, 0) is 30.3 Å². The average molecular weight is 314 g/mol. The quantitative estimate of drug-likeness (QED) is 0.381. The van der Waals surface area contributed by atoms with Gasteiger partial charge in [-0.15, -0.1) is 0 Å². The molecule has 0 heterocycles. The molecule has 0 saturated heterocycles. The Morgan fingerprint density at radius 1 is 1.04 bits per heavy atom. The molecular formula is C17H14O6. The van der Waals surface area contributed by atoms with Gasteiger partial charge in [-0.25, -0.2) is 4.79 Å². The second kappa shape index (κ2) is 7.13. The lowest BCUT2D eigenvalue weighted by molar-refractivity contribution is -0.149. The van der Waals surface area contributed by atoms with Gasteiger partial charge in [0.2, 0.25) is 0 Å². The van der Waals surface area contributed by atoms with E-state index in [1.54, 1.807) is 24.3 Å². The summed E-state index contributed by atoms with van der Waals surface area (Å²) in [6.07, 6.45) is 0.674. The van der Waals surface area contributed by atoms with Crippen LogP contribution in [0.25, 0.3) is 5.76 Å². The van der Waals surface area contributed by atoms with E-state index in [0.717, 1.165) is 7.11 Å². The summed E-state index contributed by atoms with van der Waals surface area (Å²) in [7, 11) is 1.05. The molecule has 6 nitrogen and oxygen atoms in total. The maximum Gasteiger partial charge on any atom is 0.378 e. The molecule has 2 aromatic carbocycles. The number of hydrogen-bond donors (Lipinski definition) is 2. The van der Waals surface area contributed by atoms with Gasteiger partial charge < -0.3 is 19.7 Å². The molecule has 23 heavy (non-hydrogen) atoms. The molecule has 0 aliphatic heterocycles. The van der Waals surface area contributed by atoms with Gasteiger partial charge in [0.15, 0.2) is 0 Å². The number of aromatic hydroxyl groups is 1. The maximum atomic E-state index is 11.4. The number of methoxy groups -OCH3 is 1. The fourth-order valence-corrected chi connectivity index (χ4v) is 1.77. The zero-order valence-corrected chi connectivity index (χ0v) is 12.2.